The first-order chi connectivity index (χ1) is 12.5. The third kappa shape index (κ3) is 5.11. The summed E-state index contributed by atoms with van der Waals surface area (Å²) in [5, 5.41) is -0.698. The van der Waals surface area contributed by atoms with E-state index in [4.69, 9.17) is 9.26 Å². The van der Waals surface area contributed by atoms with E-state index in [1.165, 1.54) is 0 Å². The molecule has 0 radical (unpaired) electrons. The van der Waals surface area contributed by atoms with Crippen LogP contribution in [0.3, 0.4) is 0 Å². The number of nitrogens with one attached hydrogen (secondary N) is 1. The van der Waals surface area contributed by atoms with Gasteiger partial charge in [0.1, 0.15) is 11.9 Å². The Morgan fingerprint density at radius 1 is 1.15 bits per heavy atom. The first-order valence-electron chi connectivity index (χ1n) is 9.76. The summed E-state index contributed by atoms with van der Waals surface area (Å²) in [5.74, 6) is 0.585. The second-order valence-electron chi connectivity index (χ2n) is 8.32. The maximum Gasteiger partial charge on any atom is 0.242 e. The number of halogens is 1. The van der Waals surface area contributed by atoms with Crippen molar-refractivity contribution >= 4 is 14.2 Å². The van der Waals surface area contributed by atoms with Gasteiger partial charge in [-0.25, -0.2) is 9.87 Å². The number of hydrogen-bond acceptors (Lipinski definition) is 3. The number of rotatable bonds is 10. The number of benzene rings is 1. The Morgan fingerprint density at radius 3 is 2.07 bits per heavy atom. The van der Waals surface area contributed by atoms with Crippen LogP contribution in [0.15, 0.2) is 24.3 Å². The minimum Gasteiger partial charge on any atom is -0.497 e. The second-order valence-corrected chi connectivity index (χ2v) is 13.7. The van der Waals surface area contributed by atoms with E-state index in [0.717, 1.165) is 11.3 Å². The van der Waals surface area contributed by atoms with Crippen molar-refractivity contribution < 1.29 is 18.4 Å². The van der Waals surface area contributed by atoms with Gasteiger partial charge in [0, 0.05) is 17.9 Å². The van der Waals surface area contributed by atoms with Gasteiger partial charge >= 0.3 is 0 Å². The molecular formula is C21H36FNO3Si. The van der Waals surface area contributed by atoms with Crippen molar-refractivity contribution in [1.82, 2.24) is 5.48 Å². The van der Waals surface area contributed by atoms with Gasteiger partial charge < -0.3 is 9.26 Å². The second kappa shape index (κ2) is 9.69. The van der Waals surface area contributed by atoms with Crippen molar-refractivity contribution in [3.63, 3.8) is 0 Å². The van der Waals surface area contributed by atoms with E-state index in [9.17, 15) is 4.79 Å². The van der Waals surface area contributed by atoms with Gasteiger partial charge in [0.25, 0.3) is 0 Å². The van der Waals surface area contributed by atoms with Gasteiger partial charge in [-0.15, -0.1) is 0 Å². The predicted octanol–water partition coefficient (Wildman–Crippen LogP) is 5.58. The van der Waals surface area contributed by atoms with Crippen molar-refractivity contribution in [1.29, 1.82) is 0 Å². The van der Waals surface area contributed by atoms with E-state index in [1.54, 1.807) is 14.0 Å². The normalized spacial score (nSPS) is 13.7. The molecule has 0 aliphatic carbocycles. The van der Waals surface area contributed by atoms with Gasteiger partial charge in [-0.1, -0.05) is 60.6 Å². The topological polar surface area (TPSA) is 47.6 Å². The van der Waals surface area contributed by atoms with Gasteiger partial charge in [0.05, 0.1) is 7.11 Å². The lowest BCUT2D eigenvalue weighted by Gasteiger charge is -2.50. The average Bonchev–Trinajstić information content (AvgIpc) is 2.61. The number of alkyl halides is 1. The molecule has 4 nitrogen and oxygen atoms in total. The quantitative estimate of drug-likeness (QED) is 0.414. The number of hydroxylamine groups is 1. The molecule has 0 spiro atoms. The summed E-state index contributed by atoms with van der Waals surface area (Å²) in [4.78, 5) is 11.8. The van der Waals surface area contributed by atoms with Crippen LogP contribution in [-0.2, 0) is 15.7 Å². The molecule has 0 fully saturated rings. The van der Waals surface area contributed by atoms with Crippen LogP contribution < -0.4 is 10.2 Å². The molecule has 1 aromatic carbocycles. The Labute approximate surface area is 164 Å². The third-order valence-electron chi connectivity index (χ3n) is 5.73. The first kappa shape index (κ1) is 23.6. The summed E-state index contributed by atoms with van der Waals surface area (Å²) in [6, 6.07) is 7.50. The van der Waals surface area contributed by atoms with Crippen molar-refractivity contribution in [2.45, 2.75) is 83.6 Å². The molecule has 0 aliphatic rings. The summed E-state index contributed by atoms with van der Waals surface area (Å²) in [7, 11) is -1.11. The predicted molar refractivity (Wildman–Crippen MR) is 111 cm³/mol. The molecule has 1 rings (SSSR count). The maximum atomic E-state index is 15.7. The SMILES string of the molecule is CCC(=O)NO[Si](C(C)C)(C(C)C)C(C)(C)[C@H](F)Cc1ccc(OC)cc1. The Balaban J connectivity index is 3.16. The van der Waals surface area contributed by atoms with E-state index < -0.39 is 19.5 Å². The van der Waals surface area contributed by atoms with Gasteiger partial charge in [0.2, 0.25) is 14.2 Å². The fourth-order valence-corrected chi connectivity index (χ4v) is 10.1. The molecule has 0 aromatic heterocycles. The number of ether oxygens (including phenoxy) is 1. The number of carbonyl (C=O) groups excluding carboxylic acids is 1. The minimum atomic E-state index is -2.72. The Kier molecular flexibility index (Phi) is 8.48. The fourth-order valence-electron chi connectivity index (χ4n) is 4.20. The number of carbonyl (C=O) groups is 1. The van der Waals surface area contributed by atoms with E-state index >= 15 is 4.39 Å². The molecule has 1 aromatic rings. The van der Waals surface area contributed by atoms with Crippen molar-refractivity contribution in [3.05, 3.63) is 29.8 Å². The first-order valence-corrected chi connectivity index (χ1v) is 11.8. The molecule has 0 unspecified atom stereocenters. The van der Waals surface area contributed by atoms with E-state index in [2.05, 4.69) is 33.2 Å². The highest BCUT2D eigenvalue weighted by Crippen LogP contribution is 2.54. The Hall–Kier alpha value is -1.40. The molecule has 0 aliphatic heterocycles. The summed E-state index contributed by atoms with van der Waals surface area (Å²) >= 11 is 0. The zero-order chi connectivity index (χ0) is 20.8. The molecule has 0 bridgehead atoms. The number of amides is 1. The Morgan fingerprint density at radius 2 is 1.67 bits per heavy atom. The minimum absolute atomic E-state index is 0.138. The van der Waals surface area contributed by atoms with Crippen LogP contribution in [0.2, 0.25) is 16.1 Å². The van der Waals surface area contributed by atoms with Crippen LogP contribution >= 0.6 is 0 Å². The molecule has 1 N–H and O–H groups in total. The molecule has 1 amide bonds. The highest BCUT2D eigenvalue weighted by atomic mass is 28.4. The van der Waals surface area contributed by atoms with Crippen LogP contribution in [0.1, 0.15) is 60.5 Å². The Bertz CT molecular complexity index is 594. The van der Waals surface area contributed by atoms with Crippen molar-refractivity contribution in [2.24, 2.45) is 0 Å². The van der Waals surface area contributed by atoms with Crippen LogP contribution in [-0.4, -0.2) is 27.5 Å². The van der Waals surface area contributed by atoms with E-state index in [-0.39, 0.29) is 17.0 Å². The lowest BCUT2D eigenvalue weighted by atomic mass is 9.99. The largest absolute Gasteiger partial charge is 0.497 e. The monoisotopic (exact) mass is 397 g/mol. The average molecular weight is 398 g/mol. The van der Waals surface area contributed by atoms with E-state index in [0.29, 0.717) is 12.8 Å². The van der Waals surface area contributed by atoms with E-state index in [1.807, 2.05) is 38.1 Å². The molecule has 154 valence electrons. The van der Waals surface area contributed by atoms with Gasteiger partial charge in [-0.3, -0.25) is 4.79 Å². The molecule has 6 heteroatoms. The molecular weight excluding hydrogens is 361 g/mol. The highest BCUT2D eigenvalue weighted by Gasteiger charge is 2.59. The maximum absolute atomic E-state index is 15.7. The lowest BCUT2D eigenvalue weighted by molar-refractivity contribution is -0.128. The molecule has 27 heavy (non-hydrogen) atoms. The van der Waals surface area contributed by atoms with Crippen LogP contribution in [0.5, 0.6) is 5.75 Å². The molecule has 0 heterocycles. The standard InChI is InChI=1S/C21H36FNO3Si/c1-9-20(24)23-26-27(15(2)3,16(4)5)21(6,7)19(22)14-17-10-12-18(25-8)13-11-17/h10-13,15-16,19H,9,14H2,1-8H3,(H,23,24)/t19-/m1/s1. The van der Waals surface area contributed by atoms with Gasteiger partial charge in [-0.2, -0.15) is 0 Å². The van der Waals surface area contributed by atoms with Crippen LogP contribution in [0.4, 0.5) is 4.39 Å². The lowest BCUT2D eigenvalue weighted by Crippen LogP contribution is -2.60. The third-order valence-corrected chi connectivity index (χ3v) is 11.9. The zero-order valence-corrected chi connectivity index (χ0v) is 19.1. The van der Waals surface area contributed by atoms with Gasteiger partial charge in [-0.05, 0) is 28.8 Å². The van der Waals surface area contributed by atoms with Crippen molar-refractivity contribution in [3.8, 4) is 5.75 Å². The van der Waals surface area contributed by atoms with Crippen LogP contribution in [0, 0.1) is 0 Å². The fraction of sp³-hybridized carbons (Fsp3) is 0.667. The summed E-state index contributed by atoms with van der Waals surface area (Å²) in [6.45, 7) is 14.0. The smallest absolute Gasteiger partial charge is 0.242 e. The summed E-state index contributed by atoms with van der Waals surface area (Å²) in [5.41, 5.74) is 3.81. The molecule has 0 saturated carbocycles. The summed E-state index contributed by atoms with van der Waals surface area (Å²) < 4.78 is 27.0. The number of methoxy groups -OCH3 is 1. The number of hydrogen-bond donors (Lipinski definition) is 1. The van der Waals surface area contributed by atoms with Crippen LogP contribution in [0.25, 0.3) is 0 Å². The van der Waals surface area contributed by atoms with Gasteiger partial charge in [0.15, 0.2) is 0 Å². The highest BCUT2D eigenvalue weighted by molar-refractivity contribution is 6.79. The van der Waals surface area contributed by atoms with Crippen molar-refractivity contribution in [2.75, 3.05) is 7.11 Å². The summed E-state index contributed by atoms with van der Waals surface area (Å²) in [6.07, 6.45) is -0.455. The zero-order valence-electron chi connectivity index (χ0n) is 18.1. The molecule has 1 atom stereocenters. The molecule has 0 saturated heterocycles.